The van der Waals surface area contributed by atoms with E-state index in [9.17, 15) is 13.6 Å². The number of amides is 1. The Bertz CT molecular complexity index is 985. The van der Waals surface area contributed by atoms with Crippen LogP contribution in [0.1, 0.15) is 23.0 Å². The zero-order chi connectivity index (χ0) is 20.9. The van der Waals surface area contributed by atoms with Crippen LogP contribution in [0.4, 0.5) is 8.78 Å². The number of carbonyl (C=O) groups excluding carboxylic acids is 1. The van der Waals surface area contributed by atoms with Gasteiger partial charge in [-0.3, -0.25) is 9.69 Å². The molecule has 0 saturated carbocycles. The topological polar surface area (TPSA) is 80.5 Å². The molecule has 7 nitrogen and oxygen atoms in total. The van der Waals surface area contributed by atoms with Crippen LogP contribution in [-0.4, -0.2) is 46.7 Å². The highest BCUT2D eigenvalue weighted by molar-refractivity contribution is 5.82. The molecule has 2 heterocycles. The van der Waals surface area contributed by atoms with Crippen molar-refractivity contribution >= 4 is 5.91 Å². The van der Waals surface area contributed by atoms with Gasteiger partial charge in [-0.25, -0.2) is 8.78 Å². The van der Waals surface area contributed by atoms with Crippen LogP contribution in [0.2, 0.25) is 0 Å². The average Bonchev–Trinajstić information content (AvgIpc) is 3.29. The van der Waals surface area contributed by atoms with Crippen LogP contribution >= 0.6 is 0 Å². The molecule has 0 bridgehead atoms. The standard InChI is InChI=1S/C21H20F2N4O3/c22-16-7-6-15(10-17(16)23)19(20-24-13-30-26-20)25-21(28)18-12-27(8-9-29-18)11-14-4-2-1-3-5-14/h1-7,10,13,18-19H,8-9,11-12H2,(H,25,28)/t18-,19+/m1/s1. The first kappa shape index (κ1) is 20.1. The number of carbonyl (C=O) groups is 1. The van der Waals surface area contributed by atoms with E-state index in [2.05, 4.69) is 20.4 Å². The number of morpholine rings is 1. The van der Waals surface area contributed by atoms with Crippen molar-refractivity contribution in [2.75, 3.05) is 19.7 Å². The molecule has 4 rings (SSSR count). The largest absolute Gasteiger partial charge is 0.366 e. The van der Waals surface area contributed by atoms with Crippen molar-refractivity contribution in [3.63, 3.8) is 0 Å². The van der Waals surface area contributed by atoms with Crippen molar-refractivity contribution in [2.24, 2.45) is 0 Å². The normalized spacial score (nSPS) is 18.1. The zero-order valence-corrected chi connectivity index (χ0v) is 16.0. The molecule has 1 fully saturated rings. The molecular formula is C21H20F2N4O3. The molecule has 1 amide bonds. The molecule has 0 spiro atoms. The smallest absolute Gasteiger partial charge is 0.251 e. The Labute approximate surface area is 171 Å². The van der Waals surface area contributed by atoms with Crippen LogP contribution in [0.3, 0.4) is 0 Å². The van der Waals surface area contributed by atoms with Crippen molar-refractivity contribution in [1.29, 1.82) is 0 Å². The predicted octanol–water partition coefficient (Wildman–Crippen LogP) is 2.45. The van der Waals surface area contributed by atoms with Crippen LogP contribution in [0, 0.1) is 11.6 Å². The molecule has 3 aromatic rings. The fourth-order valence-corrected chi connectivity index (χ4v) is 3.38. The second-order valence-corrected chi connectivity index (χ2v) is 6.98. The van der Waals surface area contributed by atoms with E-state index in [4.69, 9.17) is 9.26 Å². The monoisotopic (exact) mass is 414 g/mol. The third-order valence-electron chi connectivity index (χ3n) is 4.89. The molecule has 1 aromatic heterocycles. The molecular weight excluding hydrogens is 394 g/mol. The maximum Gasteiger partial charge on any atom is 0.251 e. The van der Waals surface area contributed by atoms with Crippen LogP contribution in [0.5, 0.6) is 0 Å². The number of rotatable bonds is 6. The number of nitrogens with zero attached hydrogens (tertiary/aromatic N) is 3. The predicted molar refractivity (Wildman–Crippen MR) is 102 cm³/mol. The minimum atomic E-state index is -1.03. The van der Waals surface area contributed by atoms with Crippen molar-refractivity contribution in [3.8, 4) is 0 Å². The summed E-state index contributed by atoms with van der Waals surface area (Å²) in [6.07, 6.45) is 0.384. The molecule has 0 unspecified atom stereocenters. The van der Waals surface area contributed by atoms with E-state index in [1.165, 1.54) is 6.07 Å². The maximum atomic E-state index is 13.7. The summed E-state index contributed by atoms with van der Waals surface area (Å²) < 4.78 is 37.5. The van der Waals surface area contributed by atoms with E-state index in [1.54, 1.807) is 0 Å². The van der Waals surface area contributed by atoms with Crippen LogP contribution in [-0.2, 0) is 16.1 Å². The Balaban J connectivity index is 1.47. The third kappa shape index (κ3) is 4.69. The summed E-state index contributed by atoms with van der Waals surface area (Å²) in [5.41, 5.74) is 1.44. The Morgan fingerprint density at radius 3 is 2.77 bits per heavy atom. The molecule has 9 heteroatoms. The minimum Gasteiger partial charge on any atom is -0.366 e. The lowest BCUT2D eigenvalue weighted by Gasteiger charge is -2.32. The summed E-state index contributed by atoms with van der Waals surface area (Å²) in [4.78, 5) is 19.0. The molecule has 0 radical (unpaired) electrons. The van der Waals surface area contributed by atoms with Crippen molar-refractivity contribution in [1.82, 2.24) is 20.4 Å². The Hall–Kier alpha value is -3.17. The molecule has 1 saturated heterocycles. The minimum absolute atomic E-state index is 0.131. The number of benzene rings is 2. The lowest BCUT2D eigenvalue weighted by molar-refractivity contribution is -0.139. The van der Waals surface area contributed by atoms with E-state index in [1.807, 2.05) is 30.3 Å². The fraction of sp³-hybridized carbons (Fsp3) is 0.286. The molecule has 2 atom stereocenters. The van der Waals surface area contributed by atoms with Gasteiger partial charge in [-0.15, -0.1) is 0 Å². The van der Waals surface area contributed by atoms with Crippen LogP contribution < -0.4 is 5.32 Å². The maximum absolute atomic E-state index is 13.7. The first-order chi connectivity index (χ1) is 14.6. The molecule has 1 aliphatic heterocycles. The van der Waals surface area contributed by atoms with E-state index in [0.717, 1.165) is 24.1 Å². The summed E-state index contributed by atoms with van der Waals surface area (Å²) in [6.45, 7) is 2.21. The second-order valence-electron chi connectivity index (χ2n) is 6.98. The van der Waals surface area contributed by atoms with Crippen molar-refractivity contribution < 1.29 is 22.8 Å². The van der Waals surface area contributed by atoms with Gasteiger partial charge in [0, 0.05) is 19.6 Å². The zero-order valence-electron chi connectivity index (χ0n) is 16.0. The van der Waals surface area contributed by atoms with Crippen LogP contribution in [0.15, 0.2) is 59.4 Å². The summed E-state index contributed by atoms with van der Waals surface area (Å²) in [6, 6.07) is 12.4. The first-order valence-electron chi connectivity index (χ1n) is 9.49. The Morgan fingerprint density at radius 2 is 2.03 bits per heavy atom. The Kier molecular flexibility index (Phi) is 6.10. The Morgan fingerprint density at radius 1 is 1.20 bits per heavy atom. The molecule has 0 aliphatic carbocycles. The lowest BCUT2D eigenvalue weighted by atomic mass is 10.1. The number of ether oxygens (including phenoxy) is 1. The highest BCUT2D eigenvalue weighted by Crippen LogP contribution is 2.22. The summed E-state index contributed by atoms with van der Waals surface area (Å²) in [5.74, 6) is -2.28. The van der Waals surface area contributed by atoms with E-state index < -0.39 is 29.7 Å². The number of nitrogens with one attached hydrogen (secondary N) is 1. The highest BCUT2D eigenvalue weighted by atomic mass is 19.2. The van der Waals surface area contributed by atoms with Gasteiger partial charge in [0.2, 0.25) is 6.39 Å². The quantitative estimate of drug-likeness (QED) is 0.668. The van der Waals surface area contributed by atoms with Gasteiger partial charge in [0.25, 0.3) is 5.91 Å². The van der Waals surface area contributed by atoms with Gasteiger partial charge in [-0.05, 0) is 23.3 Å². The molecule has 1 aliphatic rings. The summed E-state index contributed by atoms with van der Waals surface area (Å²) >= 11 is 0. The third-order valence-corrected chi connectivity index (χ3v) is 4.89. The number of hydrogen-bond donors (Lipinski definition) is 1. The average molecular weight is 414 g/mol. The van der Waals surface area contributed by atoms with Crippen molar-refractivity contribution in [3.05, 3.63) is 83.5 Å². The number of halogens is 2. The van der Waals surface area contributed by atoms with Gasteiger partial charge in [-0.1, -0.05) is 41.6 Å². The van der Waals surface area contributed by atoms with Crippen molar-refractivity contribution in [2.45, 2.75) is 18.7 Å². The van der Waals surface area contributed by atoms with Gasteiger partial charge in [0.15, 0.2) is 17.5 Å². The lowest BCUT2D eigenvalue weighted by Crippen LogP contribution is -2.50. The SMILES string of the molecule is O=C(N[C@@H](c1ccc(F)c(F)c1)c1ncon1)[C@H]1CN(Cc2ccccc2)CCO1. The van der Waals surface area contributed by atoms with Gasteiger partial charge < -0.3 is 14.6 Å². The van der Waals surface area contributed by atoms with E-state index in [-0.39, 0.29) is 5.82 Å². The molecule has 156 valence electrons. The van der Waals surface area contributed by atoms with Gasteiger partial charge >= 0.3 is 0 Å². The van der Waals surface area contributed by atoms with Gasteiger partial charge in [0.1, 0.15) is 12.1 Å². The van der Waals surface area contributed by atoms with Crippen LogP contribution in [0.25, 0.3) is 0 Å². The van der Waals surface area contributed by atoms with Gasteiger partial charge in [0.05, 0.1) is 6.61 Å². The molecule has 2 aromatic carbocycles. The number of aromatic nitrogens is 2. The molecule has 30 heavy (non-hydrogen) atoms. The van der Waals surface area contributed by atoms with Gasteiger partial charge in [-0.2, -0.15) is 4.98 Å². The first-order valence-corrected chi connectivity index (χ1v) is 9.49. The second kappa shape index (κ2) is 9.10. The summed E-state index contributed by atoms with van der Waals surface area (Å²) in [7, 11) is 0. The highest BCUT2D eigenvalue weighted by Gasteiger charge is 2.30. The summed E-state index contributed by atoms with van der Waals surface area (Å²) in [5, 5.41) is 6.52. The van der Waals surface area contributed by atoms with E-state index >= 15 is 0 Å². The fourth-order valence-electron chi connectivity index (χ4n) is 3.38. The molecule has 1 N–H and O–H groups in total. The van der Waals surface area contributed by atoms with E-state index in [0.29, 0.717) is 31.8 Å². The number of hydrogen-bond acceptors (Lipinski definition) is 6.